The predicted octanol–water partition coefficient (Wildman–Crippen LogP) is 3.48. The number of pyridine rings is 2. The first kappa shape index (κ1) is 17.2. The first-order chi connectivity index (χ1) is 13.8. The van der Waals surface area contributed by atoms with E-state index in [2.05, 4.69) is 50.6 Å². The van der Waals surface area contributed by atoms with Gasteiger partial charge in [-0.25, -0.2) is 4.98 Å². The molecule has 0 aliphatic carbocycles. The van der Waals surface area contributed by atoms with Crippen molar-refractivity contribution < 1.29 is 4.42 Å². The van der Waals surface area contributed by atoms with E-state index < -0.39 is 0 Å². The summed E-state index contributed by atoms with van der Waals surface area (Å²) in [5.41, 5.74) is 5.58. The molecule has 0 N–H and O–H groups in total. The summed E-state index contributed by atoms with van der Waals surface area (Å²) in [6.07, 6.45) is 9.42. The van der Waals surface area contributed by atoms with Gasteiger partial charge in [0.25, 0.3) is 0 Å². The first-order valence-electron chi connectivity index (χ1n) is 9.60. The second kappa shape index (κ2) is 7.22. The largest absolute Gasteiger partial charge is 0.472 e. The van der Waals surface area contributed by atoms with Crippen molar-refractivity contribution in [2.75, 3.05) is 26.7 Å². The fourth-order valence-corrected chi connectivity index (χ4v) is 3.98. The third-order valence-electron chi connectivity index (χ3n) is 5.55. The van der Waals surface area contributed by atoms with Crippen LogP contribution in [0.25, 0.3) is 16.9 Å². The van der Waals surface area contributed by atoms with Crippen LogP contribution in [0.1, 0.15) is 17.3 Å². The standard InChI is InChI=1S/C22H23N5O/c1-25-10-11-26(13-17-7-12-28-16-17)15-21(25)19-14-27-20(3-2-4-22(27)24-19)18-5-8-23-9-6-18/h2-9,12,14,16,21H,10-11,13,15H2,1H3. The highest BCUT2D eigenvalue weighted by atomic mass is 16.3. The molecule has 1 unspecified atom stereocenters. The van der Waals surface area contributed by atoms with E-state index in [1.165, 1.54) is 5.56 Å². The molecule has 142 valence electrons. The van der Waals surface area contributed by atoms with Crippen LogP contribution in [0.3, 0.4) is 0 Å². The Kier molecular flexibility index (Phi) is 4.43. The Morgan fingerprint density at radius 2 is 2.00 bits per heavy atom. The van der Waals surface area contributed by atoms with Gasteiger partial charge in [0.05, 0.1) is 30.0 Å². The van der Waals surface area contributed by atoms with E-state index in [0.717, 1.165) is 48.8 Å². The molecule has 0 aromatic carbocycles. The Morgan fingerprint density at radius 1 is 1.11 bits per heavy atom. The van der Waals surface area contributed by atoms with Gasteiger partial charge in [0, 0.05) is 55.9 Å². The summed E-state index contributed by atoms with van der Waals surface area (Å²) < 4.78 is 7.41. The number of hydrogen-bond donors (Lipinski definition) is 0. The summed E-state index contributed by atoms with van der Waals surface area (Å²) in [5, 5.41) is 0. The molecule has 0 amide bonds. The summed E-state index contributed by atoms with van der Waals surface area (Å²) in [7, 11) is 2.19. The fraction of sp³-hybridized carbons (Fsp3) is 0.273. The number of fused-ring (bicyclic) bond motifs is 1. The van der Waals surface area contributed by atoms with Crippen molar-refractivity contribution in [1.82, 2.24) is 24.2 Å². The van der Waals surface area contributed by atoms with E-state index in [-0.39, 0.29) is 6.04 Å². The number of likely N-dealkylation sites (N-methyl/N-ethyl adjacent to an activating group) is 1. The maximum absolute atomic E-state index is 5.23. The lowest BCUT2D eigenvalue weighted by atomic mass is 10.1. The molecular weight excluding hydrogens is 350 g/mol. The average molecular weight is 373 g/mol. The Hall–Kier alpha value is -2.96. The zero-order chi connectivity index (χ0) is 18.9. The van der Waals surface area contributed by atoms with E-state index in [4.69, 9.17) is 9.40 Å². The average Bonchev–Trinajstić information content (AvgIpc) is 3.39. The highest BCUT2D eigenvalue weighted by Gasteiger charge is 2.28. The molecule has 1 fully saturated rings. The second-order valence-corrected chi connectivity index (χ2v) is 7.40. The maximum Gasteiger partial charge on any atom is 0.137 e. The zero-order valence-corrected chi connectivity index (χ0v) is 15.9. The number of nitrogens with zero attached hydrogens (tertiary/aromatic N) is 5. The summed E-state index contributed by atoms with van der Waals surface area (Å²) in [4.78, 5) is 14.0. The van der Waals surface area contributed by atoms with Crippen LogP contribution >= 0.6 is 0 Å². The van der Waals surface area contributed by atoms with Gasteiger partial charge in [0.1, 0.15) is 5.65 Å². The number of imidazole rings is 1. The Bertz CT molecular complexity index is 1060. The monoisotopic (exact) mass is 373 g/mol. The van der Waals surface area contributed by atoms with Gasteiger partial charge in [-0.2, -0.15) is 0 Å². The lowest BCUT2D eigenvalue weighted by molar-refractivity contribution is 0.0884. The van der Waals surface area contributed by atoms with Crippen molar-refractivity contribution in [1.29, 1.82) is 0 Å². The maximum atomic E-state index is 5.23. The first-order valence-corrected chi connectivity index (χ1v) is 9.60. The molecular formula is C22H23N5O. The van der Waals surface area contributed by atoms with Crippen LogP contribution in [-0.2, 0) is 6.54 Å². The fourth-order valence-electron chi connectivity index (χ4n) is 3.98. The summed E-state index contributed by atoms with van der Waals surface area (Å²) in [5.74, 6) is 0. The molecule has 0 radical (unpaired) electrons. The molecule has 1 saturated heterocycles. The van der Waals surface area contributed by atoms with Crippen LogP contribution in [0.5, 0.6) is 0 Å². The van der Waals surface area contributed by atoms with Gasteiger partial charge in [-0.3, -0.25) is 19.2 Å². The number of furan rings is 1. The van der Waals surface area contributed by atoms with E-state index >= 15 is 0 Å². The molecule has 4 aromatic rings. The molecule has 5 heterocycles. The zero-order valence-electron chi connectivity index (χ0n) is 15.9. The lowest BCUT2D eigenvalue weighted by Crippen LogP contribution is -2.46. The van der Waals surface area contributed by atoms with Gasteiger partial charge >= 0.3 is 0 Å². The van der Waals surface area contributed by atoms with Crippen molar-refractivity contribution >= 4 is 5.65 Å². The molecule has 0 spiro atoms. The number of aromatic nitrogens is 3. The van der Waals surface area contributed by atoms with Gasteiger partial charge in [-0.1, -0.05) is 6.07 Å². The molecule has 6 heteroatoms. The molecule has 6 nitrogen and oxygen atoms in total. The third-order valence-corrected chi connectivity index (χ3v) is 5.55. The van der Waals surface area contributed by atoms with Gasteiger partial charge in [-0.15, -0.1) is 0 Å². The number of piperazine rings is 1. The van der Waals surface area contributed by atoms with E-state index in [1.807, 2.05) is 36.9 Å². The summed E-state index contributed by atoms with van der Waals surface area (Å²) >= 11 is 0. The van der Waals surface area contributed by atoms with Gasteiger partial charge in [-0.05, 0) is 37.4 Å². The minimum Gasteiger partial charge on any atom is -0.472 e. The highest BCUT2D eigenvalue weighted by Crippen LogP contribution is 2.27. The van der Waals surface area contributed by atoms with E-state index in [1.54, 1.807) is 6.26 Å². The van der Waals surface area contributed by atoms with E-state index in [0.29, 0.717) is 0 Å². The Balaban J connectivity index is 1.46. The Labute approximate surface area is 164 Å². The van der Waals surface area contributed by atoms with Crippen molar-refractivity contribution in [3.8, 4) is 11.3 Å². The molecule has 4 aromatic heterocycles. The highest BCUT2D eigenvalue weighted by molar-refractivity contribution is 5.63. The van der Waals surface area contributed by atoms with Crippen LogP contribution in [0.15, 0.2) is 71.9 Å². The SMILES string of the molecule is CN1CCN(Cc2ccoc2)CC1c1cn2c(-c3ccncc3)cccc2n1. The minimum atomic E-state index is 0.269. The normalized spacial score (nSPS) is 18.7. The smallest absolute Gasteiger partial charge is 0.137 e. The van der Waals surface area contributed by atoms with Gasteiger partial charge in [0.15, 0.2) is 0 Å². The topological polar surface area (TPSA) is 49.8 Å². The molecule has 0 bridgehead atoms. The number of hydrogen-bond acceptors (Lipinski definition) is 5. The van der Waals surface area contributed by atoms with Crippen LogP contribution in [0.4, 0.5) is 0 Å². The van der Waals surface area contributed by atoms with Gasteiger partial charge in [0.2, 0.25) is 0 Å². The van der Waals surface area contributed by atoms with Crippen molar-refractivity contribution in [3.05, 3.63) is 78.8 Å². The van der Waals surface area contributed by atoms with Crippen LogP contribution in [0.2, 0.25) is 0 Å². The quantitative estimate of drug-likeness (QED) is 0.548. The molecule has 5 rings (SSSR count). The molecule has 1 aliphatic heterocycles. The lowest BCUT2D eigenvalue weighted by Gasteiger charge is -2.38. The molecule has 0 saturated carbocycles. The van der Waals surface area contributed by atoms with Crippen LogP contribution in [-0.4, -0.2) is 50.9 Å². The van der Waals surface area contributed by atoms with Gasteiger partial charge < -0.3 is 4.42 Å². The molecule has 28 heavy (non-hydrogen) atoms. The van der Waals surface area contributed by atoms with Crippen molar-refractivity contribution in [3.63, 3.8) is 0 Å². The molecule has 1 aliphatic rings. The summed E-state index contributed by atoms with van der Waals surface area (Å²) in [6, 6.07) is 12.6. The third kappa shape index (κ3) is 3.21. The summed E-state index contributed by atoms with van der Waals surface area (Å²) in [6.45, 7) is 3.94. The van der Waals surface area contributed by atoms with E-state index in [9.17, 15) is 0 Å². The van der Waals surface area contributed by atoms with Crippen molar-refractivity contribution in [2.24, 2.45) is 0 Å². The molecule has 1 atom stereocenters. The van der Waals surface area contributed by atoms with Crippen molar-refractivity contribution in [2.45, 2.75) is 12.6 Å². The van der Waals surface area contributed by atoms with Crippen LogP contribution in [0, 0.1) is 0 Å². The Morgan fingerprint density at radius 3 is 2.82 bits per heavy atom. The minimum absolute atomic E-state index is 0.269. The van der Waals surface area contributed by atoms with Crippen LogP contribution < -0.4 is 0 Å². The predicted molar refractivity (Wildman–Crippen MR) is 108 cm³/mol. The number of rotatable bonds is 4. The second-order valence-electron chi connectivity index (χ2n) is 7.40.